The number of nitriles is 1. The summed E-state index contributed by atoms with van der Waals surface area (Å²) in [6, 6.07) is 16.8. The number of nitrogens with zero attached hydrogens (tertiary/aromatic N) is 4. The molecule has 0 atom stereocenters. The van der Waals surface area contributed by atoms with Crippen LogP contribution in [0.4, 0.5) is 0 Å². The van der Waals surface area contributed by atoms with Crippen LogP contribution in [0.2, 0.25) is 0 Å². The Morgan fingerprint density at radius 1 is 1.13 bits per heavy atom. The first kappa shape index (κ1) is 15.1. The van der Waals surface area contributed by atoms with Crippen molar-refractivity contribution in [3.8, 4) is 23.2 Å². The van der Waals surface area contributed by atoms with Crippen LogP contribution in [0.1, 0.15) is 11.1 Å². The van der Waals surface area contributed by atoms with E-state index in [9.17, 15) is 5.11 Å². The van der Waals surface area contributed by atoms with Crippen molar-refractivity contribution in [1.29, 1.82) is 5.26 Å². The van der Waals surface area contributed by atoms with E-state index in [0.29, 0.717) is 22.7 Å². The summed E-state index contributed by atoms with van der Waals surface area (Å²) in [4.78, 5) is 0. The fourth-order valence-electron chi connectivity index (χ4n) is 2.24. The van der Waals surface area contributed by atoms with Crippen molar-refractivity contribution in [2.24, 2.45) is 7.05 Å². The highest BCUT2D eigenvalue weighted by atomic mass is 32.2. The Kier molecular flexibility index (Phi) is 4.31. The van der Waals surface area contributed by atoms with Crippen LogP contribution in [-0.4, -0.2) is 19.9 Å². The molecule has 3 rings (SSSR count). The molecule has 0 amide bonds. The number of aromatic hydroxyl groups is 1. The number of phenols is 1. The van der Waals surface area contributed by atoms with Crippen molar-refractivity contribution in [2.45, 2.75) is 10.9 Å². The van der Waals surface area contributed by atoms with E-state index in [2.05, 4.69) is 16.3 Å². The zero-order valence-electron chi connectivity index (χ0n) is 12.5. The maximum atomic E-state index is 9.95. The lowest BCUT2D eigenvalue weighted by atomic mass is 10.1. The molecule has 0 radical (unpaired) electrons. The molecule has 5 nitrogen and oxygen atoms in total. The van der Waals surface area contributed by atoms with Crippen molar-refractivity contribution in [3.63, 3.8) is 0 Å². The van der Waals surface area contributed by atoms with Gasteiger partial charge < -0.3 is 9.67 Å². The number of para-hydroxylation sites is 1. The lowest BCUT2D eigenvalue weighted by Crippen LogP contribution is -1.96. The monoisotopic (exact) mass is 322 g/mol. The number of phenolic OH excluding ortho intramolecular Hbond substituents is 1. The molecule has 0 fully saturated rings. The van der Waals surface area contributed by atoms with Crippen molar-refractivity contribution >= 4 is 11.8 Å². The number of rotatable bonds is 4. The third kappa shape index (κ3) is 3.05. The minimum atomic E-state index is 0.175. The quantitative estimate of drug-likeness (QED) is 0.746. The predicted molar refractivity (Wildman–Crippen MR) is 88.8 cm³/mol. The molecule has 0 spiro atoms. The normalized spacial score (nSPS) is 10.4. The van der Waals surface area contributed by atoms with Crippen LogP contribution in [0.15, 0.2) is 53.7 Å². The molecule has 1 heterocycles. The Morgan fingerprint density at radius 3 is 2.65 bits per heavy atom. The van der Waals surface area contributed by atoms with Crippen LogP contribution in [0.25, 0.3) is 11.4 Å². The molecule has 0 saturated heterocycles. The van der Waals surface area contributed by atoms with Crippen LogP contribution in [0.3, 0.4) is 0 Å². The maximum Gasteiger partial charge on any atom is 0.191 e. The van der Waals surface area contributed by atoms with Gasteiger partial charge in [-0.15, -0.1) is 10.2 Å². The van der Waals surface area contributed by atoms with Gasteiger partial charge in [-0.25, -0.2) is 0 Å². The summed E-state index contributed by atoms with van der Waals surface area (Å²) in [7, 11) is 1.86. The summed E-state index contributed by atoms with van der Waals surface area (Å²) < 4.78 is 1.84. The van der Waals surface area contributed by atoms with E-state index in [1.54, 1.807) is 24.3 Å². The standard InChI is InChI=1S/C17H14N4OS/c1-21-16(14-8-4-5-9-15(14)22)19-20-17(21)23-11-13-7-3-2-6-12(13)10-18/h2-9,22H,11H2,1H3. The first-order valence-corrected chi connectivity index (χ1v) is 7.98. The predicted octanol–water partition coefficient (Wildman–Crippen LogP) is 3.35. The van der Waals surface area contributed by atoms with E-state index in [-0.39, 0.29) is 5.75 Å². The largest absolute Gasteiger partial charge is 0.507 e. The second kappa shape index (κ2) is 6.55. The molecule has 0 aliphatic heterocycles. The topological polar surface area (TPSA) is 74.7 Å². The van der Waals surface area contributed by atoms with Crippen LogP contribution in [0.5, 0.6) is 5.75 Å². The molecule has 23 heavy (non-hydrogen) atoms. The Bertz CT molecular complexity index is 882. The summed E-state index contributed by atoms with van der Waals surface area (Å²) in [6.07, 6.45) is 0. The Morgan fingerprint density at radius 2 is 1.87 bits per heavy atom. The van der Waals surface area contributed by atoms with Gasteiger partial charge in [-0.3, -0.25) is 0 Å². The van der Waals surface area contributed by atoms with Gasteiger partial charge in [0, 0.05) is 12.8 Å². The van der Waals surface area contributed by atoms with Gasteiger partial charge in [0.2, 0.25) is 0 Å². The summed E-state index contributed by atoms with van der Waals surface area (Å²) in [6.45, 7) is 0. The van der Waals surface area contributed by atoms with E-state index in [4.69, 9.17) is 5.26 Å². The van der Waals surface area contributed by atoms with Crippen molar-refractivity contribution < 1.29 is 5.11 Å². The third-order valence-electron chi connectivity index (χ3n) is 3.47. The van der Waals surface area contributed by atoms with Crippen molar-refractivity contribution in [3.05, 3.63) is 59.7 Å². The van der Waals surface area contributed by atoms with E-state index >= 15 is 0 Å². The van der Waals surface area contributed by atoms with Crippen LogP contribution in [0, 0.1) is 11.3 Å². The second-order valence-electron chi connectivity index (χ2n) is 4.94. The van der Waals surface area contributed by atoms with Gasteiger partial charge >= 0.3 is 0 Å². The molecular weight excluding hydrogens is 308 g/mol. The molecule has 1 N–H and O–H groups in total. The molecule has 0 unspecified atom stereocenters. The van der Waals surface area contributed by atoms with Gasteiger partial charge in [0.15, 0.2) is 11.0 Å². The Balaban J connectivity index is 1.83. The molecular formula is C17H14N4OS. The van der Waals surface area contributed by atoms with Crippen molar-refractivity contribution in [2.75, 3.05) is 0 Å². The van der Waals surface area contributed by atoms with Gasteiger partial charge in [0.25, 0.3) is 0 Å². The first-order chi connectivity index (χ1) is 11.2. The number of hydrogen-bond acceptors (Lipinski definition) is 5. The number of hydrogen-bond donors (Lipinski definition) is 1. The van der Waals surface area contributed by atoms with E-state index in [1.807, 2.05) is 35.9 Å². The summed E-state index contributed by atoms with van der Waals surface area (Å²) in [5.41, 5.74) is 2.28. The van der Waals surface area contributed by atoms with Crippen molar-refractivity contribution in [1.82, 2.24) is 14.8 Å². The fraction of sp³-hybridized carbons (Fsp3) is 0.118. The maximum absolute atomic E-state index is 9.95. The molecule has 0 aliphatic carbocycles. The molecule has 0 saturated carbocycles. The zero-order valence-corrected chi connectivity index (χ0v) is 13.3. The second-order valence-corrected chi connectivity index (χ2v) is 5.88. The third-order valence-corrected chi connectivity index (χ3v) is 4.54. The fourth-order valence-corrected chi connectivity index (χ4v) is 3.15. The average molecular weight is 322 g/mol. The highest BCUT2D eigenvalue weighted by Gasteiger charge is 2.14. The molecule has 6 heteroatoms. The summed E-state index contributed by atoms with van der Waals surface area (Å²) in [5.74, 6) is 1.42. The highest BCUT2D eigenvalue weighted by molar-refractivity contribution is 7.98. The van der Waals surface area contributed by atoms with Crippen LogP contribution in [-0.2, 0) is 12.8 Å². The van der Waals surface area contributed by atoms with E-state index in [1.165, 1.54) is 11.8 Å². The highest BCUT2D eigenvalue weighted by Crippen LogP contribution is 2.30. The molecule has 3 aromatic rings. The molecule has 0 aliphatic rings. The average Bonchev–Trinajstić information content (AvgIpc) is 2.94. The van der Waals surface area contributed by atoms with Gasteiger partial charge in [-0.1, -0.05) is 42.1 Å². The van der Waals surface area contributed by atoms with Gasteiger partial charge in [-0.05, 0) is 23.8 Å². The van der Waals surface area contributed by atoms with Gasteiger partial charge in [0.05, 0.1) is 17.2 Å². The lowest BCUT2D eigenvalue weighted by molar-refractivity contribution is 0.476. The van der Waals surface area contributed by atoms with Crippen LogP contribution >= 0.6 is 11.8 Å². The minimum absolute atomic E-state index is 0.175. The summed E-state index contributed by atoms with van der Waals surface area (Å²) in [5, 5.41) is 28.2. The number of aromatic nitrogens is 3. The number of thioether (sulfide) groups is 1. The SMILES string of the molecule is Cn1c(SCc2ccccc2C#N)nnc1-c1ccccc1O. The molecule has 0 bridgehead atoms. The number of benzene rings is 2. The lowest BCUT2D eigenvalue weighted by Gasteiger charge is -2.06. The van der Waals surface area contributed by atoms with Gasteiger partial charge in [-0.2, -0.15) is 5.26 Å². The van der Waals surface area contributed by atoms with Gasteiger partial charge in [0.1, 0.15) is 5.75 Å². The Labute approximate surface area is 138 Å². The summed E-state index contributed by atoms with van der Waals surface area (Å²) >= 11 is 1.51. The zero-order chi connectivity index (χ0) is 16.2. The van der Waals surface area contributed by atoms with E-state index in [0.717, 1.165) is 10.7 Å². The minimum Gasteiger partial charge on any atom is -0.507 e. The van der Waals surface area contributed by atoms with Crippen LogP contribution < -0.4 is 0 Å². The molecule has 2 aromatic carbocycles. The Hall–Kier alpha value is -2.78. The van der Waals surface area contributed by atoms with E-state index < -0.39 is 0 Å². The smallest absolute Gasteiger partial charge is 0.191 e. The molecule has 1 aromatic heterocycles. The first-order valence-electron chi connectivity index (χ1n) is 6.99. The molecule has 114 valence electrons.